The lowest BCUT2D eigenvalue weighted by atomic mass is 9.86. The van der Waals surface area contributed by atoms with E-state index < -0.39 is 11.5 Å². The normalized spacial score (nSPS) is 32.2. The molecule has 2 atom stereocenters. The molecule has 1 rings (SSSR count). The van der Waals surface area contributed by atoms with Crippen LogP contribution in [0.4, 0.5) is 0 Å². The van der Waals surface area contributed by atoms with Crippen molar-refractivity contribution in [3.05, 3.63) is 0 Å². The maximum Gasteiger partial charge on any atom is 0.329 e. The predicted molar refractivity (Wildman–Crippen MR) is 48.8 cm³/mol. The Hall–Kier alpha value is -1.10. The summed E-state index contributed by atoms with van der Waals surface area (Å²) in [5, 5.41) is 11.5. The van der Waals surface area contributed by atoms with Crippen LogP contribution in [-0.4, -0.2) is 35.7 Å². The van der Waals surface area contributed by atoms with Crippen LogP contribution in [0.2, 0.25) is 0 Å². The maximum atomic E-state index is 11.1. The molecule has 1 aliphatic rings. The molecule has 1 heterocycles. The Morgan fingerprint density at radius 1 is 1.79 bits per heavy atom. The van der Waals surface area contributed by atoms with Crippen molar-refractivity contribution < 1.29 is 19.4 Å². The topological polar surface area (TPSA) is 75.6 Å². The Balaban J connectivity index is 2.75. The van der Waals surface area contributed by atoms with Crippen LogP contribution in [0.5, 0.6) is 0 Å². The molecule has 80 valence electrons. The first-order chi connectivity index (χ1) is 6.64. The van der Waals surface area contributed by atoms with Gasteiger partial charge >= 0.3 is 5.97 Å². The Morgan fingerprint density at radius 3 is 3.00 bits per heavy atom. The van der Waals surface area contributed by atoms with E-state index in [0.29, 0.717) is 25.9 Å². The highest BCUT2D eigenvalue weighted by Crippen LogP contribution is 2.26. The van der Waals surface area contributed by atoms with E-state index in [4.69, 9.17) is 9.84 Å². The highest BCUT2D eigenvalue weighted by Gasteiger charge is 2.42. The van der Waals surface area contributed by atoms with Gasteiger partial charge in [0, 0.05) is 19.4 Å². The number of nitrogens with one attached hydrogen (secondary N) is 1. The van der Waals surface area contributed by atoms with Crippen LogP contribution in [0.25, 0.3) is 0 Å². The molecule has 0 aromatic carbocycles. The highest BCUT2D eigenvalue weighted by atomic mass is 16.5. The third kappa shape index (κ3) is 2.04. The molecule has 14 heavy (non-hydrogen) atoms. The minimum absolute atomic E-state index is 0.0766. The van der Waals surface area contributed by atoms with Gasteiger partial charge in [0.1, 0.15) is 5.54 Å². The number of amides is 1. The minimum Gasteiger partial charge on any atom is -0.480 e. The second-order valence-electron chi connectivity index (χ2n) is 3.50. The first-order valence-corrected chi connectivity index (χ1v) is 4.71. The number of aliphatic carboxylic acids is 1. The summed E-state index contributed by atoms with van der Waals surface area (Å²) in [5.74, 6) is -0.980. The molecule has 0 aromatic rings. The van der Waals surface area contributed by atoms with Crippen LogP contribution < -0.4 is 5.32 Å². The van der Waals surface area contributed by atoms with Gasteiger partial charge in [-0.05, 0) is 6.42 Å². The molecule has 1 fully saturated rings. The molecule has 0 bridgehead atoms. The smallest absolute Gasteiger partial charge is 0.329 e. The van der Waals surface area contributed by atoms with Crippen LogP contribution in [-0.2, 0) is 14.3 Å². The first kappa shape index (κ1) is 11.0. The lowest BCUT2D eigenvalue weighted by molar-refractivity contribution is -0.153. The van der Waals surface area contributed by atoms with Gasteiger partial charge in [0.05, 0.1) is 6.10 Å². The molecular weight excluding hydrogens is 186 g/mol. The van der Waals surface area contributed by atoms with Gasteiger partial charge in [0.15, 0.2) is 0 Å². The van der Waals surface area contributed by atoms with Crippen molar-refractivity contribution in [2.45, 2.75) is 37.8 Å². The number of carbonyl (C=O) groups is 2. The van der Waals surface area contributed by atoms with Crippen molar-refractivity contribution in [2.75, 3.05) is 6.61 Å². The van der Waals surface area contributed by atoms with Gasteiger partial charge in [-0.3, -0.25) is 4.79 Å². The van der Waals surface area contributed by atoms with Gasteiger partial charge in [-0.1, -0.05) is 6.92 Å². The largest absolute Gasteiger partial charge is 0.480 e. The fraction of sp³-hybridized carbons (Fsp3) is 0.778. The van der Waals surface area contributed by atoms with Gasteiger partial charge < -0.3 is 15.2 Å². The monoisotopic (exact) mass is 201 g/mol. The van der Waals surface area contributed by atoms with Gasteiger partial charge in [0.25, 0.3) is 0 Å². The third-order valence-corrected chi connectivity index (χ3v) is 2.66. The van der Waals surface area contributed by atoms with E-state index in [2.05, 4.69) is 5.32 Å². The summed E-state index contributed by atoms with van der Waals surface area (Å²) in [6.07, 6.45) is 1.81. The van der Waals surface area contributed by atoms with Crippen LogP contribution in [0.1, 0.15) is 26.2 Å². The van der Waals surface area contributed by atoms with E-state index in [1.165, 1.54) is 0 Å². The fourth-order valence-corrected chi connectivity index (χ4v) is 1.71. The average Bonchev–Trinajstić information content (AvgIpc) is 2.18. The van der Waals surface area contributed by atoms with Gasteiger partial charge in [-0.2, -0.15) is 0 Å². The molecule has 5 heteroatoms. The fourth-order valence-electron chi connectivity index (χ4n) is 1.71. The Bertz CT molecular complexity index is 231. The summed E-state index contributed by atoms with van der Waals surface area (Å²) in [6.45, 7) is 2.31. The molecule has 0 saturated carbocycles. The number of carboxylic acid groups (broad SMARTS) is 1. The third-order valence-electron chi connectivity index (χ3n) is 2.66. The molecular formula is C9H15NO4. The second kappa shape index (κ2) is 4.41. The Kier molecular flexibility index (Phi) is 3.46. The van der Waals surface area contributed by atoms with Crippen LogP contribution in [0, 0.1) is 0 Å². The SMILES string of the molecule is CCC1CC(NC=O)(C(=O)O)CCO1. The lowest BCUT2D eigenvalue weighted by Crippen LogP contribution is -2.56. The van der Waals surface area contributed by atoms with Gasteiger partial charge in [-0.15, -0.1) is 0 Å². The number of hydrogen-bond acceptors (Lipinski definition) is 3. The Morgan fingerprint density at radius 2 is 2.50 bits per heavy atom. The minimum atomic E-state index is -1.12. The van der Waals surface area contributed by atoms with Crippen LogP contribution in [0.3, 0.4) is 0 Å². The van der Waals surface area contributed by atoms with Crippen molar-refractivity contribution >= 4 is 12.4 Å². The number of carbonyl (C=O) groups excluding carboxylic acids is 1. The molecule has 0 radical (unpaired) electrons. The van der Waals surface area contributed by atoms with E-state index in [-0.39, 0.29) is 6.10 Å². The molecule has 5 nitrogen and oxygen atoms in total. The van der Waals surface area contributed by atoms with Crippen molar-refractivity contribution in [1.29, 1.82) is 0 Å². The summed E-state index contributed by atoms with van der Waals surface area (Å²) >= 11 is 0. The summed E-state index contributed by atoms with van der Waals surface area (Å²) < 4.78 is 5.36. The molecule has 2 N–H and O–H groups in total. The number of carboxylic acids is 1. The van der Waals surface area contributed by atoms with E-state index in [0.717, 1.165) is 6.42 Å². The lowest BCUT2D eigenvalue weighted by Gasteiger charge is -2.36. The average molecular weight is 201 g/mol. The van der Waals surface area contributed by atoms with E-state index >= 15 is 0 Å². The van der Waals surface area contributed by atoms with Crippen molar-refractivity contribution in [3.8, 4) is 0 Å². The molecule has 2 unspecified atom stereocenters. The predicted octanol–water partition coefficient (Wildman–Crippen LogP) is 0.145. The quantitative estimate of drug-likeness (QED) is 0.634. The standard InChI is InChI=1S/C9H15NO4/c1-2-7-5-9(8(12)13,10-6-11)3-4-14-7/h6-7H,2-5H2,1H3,(H,10,11)(H,12,13). The number of hydrogen-bond donors (Lipinski definition) is 2. The molecule has 0 aliphatic carbocycles. The molecule has 0 aromatic heterocycles. The zero-order valence-electron chi connectivity index (χ0n) is 8.16. The second-order valence-corrected chi connectivity index (χ2v) is 3.50. The Labute approximate surface area is 82.4 Å². The zero-order valence-corrected chi connectivity index (χ0v) is 8.16. The van der Waals surface area contributed by atoms with Crippen molar-refractivity contribution in [3.63, 3.8) is 0 Å². The van der Waals surface area contributed by atoms with Gasteiger partial charge in [0.2, 0.25) is 6.41 Å². The first-order valence-electron chi connectivity index (χ1n) is 4.71. The summed E-state index contributed by atoms with van der Waals surface area (Å²) in [6, 6.07) is 0. The summed E-state index contributed by atoms with van der Waals surface area (Å²) in [7, 11) is 0. The van der Waals surface area contributed by atoms with E-state index in [1.807, 2.05) is 6.92 Å². The molecule has 1 aliphatic heterocycles. The molecule has 1 amide bonds. The van der Waals surface area contributed by atoms with Crippen molar-refractivity contribution in [1.82, 2.24) is 5.32 Å². The van der Waals surface area contributed by atoms with Crippen LogP contribution in [0.15, 0.2) is 0 Å². The van der Waals surface area contributed by atoms with Crippen molar-refractivity contribution in [2.24, 2.45) is 0 Å². The van der Waals surface area contributed by atoms with E-state index in [1.54, 1.807) is 0 Å². The molecule has 0 spiro atoms. The highest BCUT2D eigenvalue weighted by molar-refractivity contribution is 5.81. The summed E-state index contributed by atoms with van der Waals surface area (Å²) in [4.78, 5) is 21.4. The van der Waals surface area contributed by atoms with Gasteiger partial charge in [-0.25, -0.2) is 4.79 Å². The maximum absolute atomic E-state index is 11.1. The number of ether oxygens (including phenoxy) is 1. The molecule has 1 saturated heterocycles. The van der Waals surface area contributed by atoms with E-state index in [9.17, 15) is 9.59 Å². The summed E-state index contributed by atoms with van der Waals surface area (Å²) in [5.41, 5.74) is -1.12. The van der Waals surface area contributed by atoms with Crippen LogP contribution >= 0.6 is 0 Å². The number of rotatable bonds is 4. The zero-order chi connectivity index (χ0) is 10.6.